The van der Waals surface area contributed by atoms with Gasteiger partial charge < -0.3 is 14.4 Å². The number of nitrogens with one attached hydrogen (secondary N) is 1. The molecule has 2 unspecified atom stereocenters. The number of phenolic OH excluding ortho intramolecular Hbond substituents is 1. The predicted octanol–water partition coefficient (Wildman–Crippen LogP) is 4.11. The highest BCUT2D eigenvalue weighted by atomic mass is 16.5. The van der Waals surface area contributed by atoms with Crippen molar-refractivity contribution in [1.82, 2.24) is 19.7 Å². The number of nitrogens with zero attached hydrogens (tertiary/aromatic N) is 3. The smallest absolute Gasteiger partial charge is 0.250 e. The number of H-pyrrole nitrogens is 1. The summed E-state index contributed by atoms with van der Waals surface area (Å²) in [7, 11) is 0. The molecule has 1 saturated heterocycles. The van der Waals surface area contributed by atoms with Crippen LogP contribution in [-0.2, 0) is 6.54 Å². The van der Waals surface area contributed by atoms with Crippen LogP contribution in [0, 0.1) is 5.92 Å². The molecular weight excluding hydrogens is 440 g/mol. The average Bonchev–Trinajstić information content (AvgIpc) is 3.35. The first-order valence-corrected chi connectivity index (χ1v) is 12.1. The first-order valence-electron chi connectivity index (χ1n) is 12.1. The second kappa shape index (κ2) is 9.07. The van der Waals surface area contributed by atoms with E-state index in [0.29, 0.717) is 29.8 Å². The molecule has 4 aromatic rings. The zero-order valence-electron chi connectivity index (χ0n) is 19.4. The van der Waals surface area contributed by atoms with Crippen LogP contribution in [0.5, 0.6) is 11.5 Å². The van der Waals surface area contributed by atoms with E-state index in [0.717, 1.165) is 55.1 Å². The molecule has 0 saturated carbocycles. The van der Waals surface area contributed by atoms with Crippen molar-refractivity contribution in [2.45, 2.75) is 18.9 Å². The van der Waals surface area contributed by atoms with Gasteiger partial charge in [-0.3, -0.25) is 14.8 Å². The van der Waals surface area contributed by atoms with E-state index in [1.807, 2.05) is 53.1 Å². The number of rotatable bonds is 6. The number of hydrogen-bond donors (Lipinski definition) is 2. The van der Waals surface area contributed by atoms with Gasteiger partial charge in [-0.15, -0.1) is 0 Å². The van der Waals surface area contributed by atoms with Crippen LogP contribution >= 0.6 is 0 Å². The van der Waals surface area contributed by atoms with Crippen molar-refractivity contribution in [3.63, 3.8) is 0 Å². The predicted molar refractivity (Wildman–Crippen MR) is 135 cm³/mol. The third-order valence-corrected chi connectivity index (χ3v) is 7.19. The van der Waals surface area contributed by atoms with E-state index >= 15 is 0 Å². The fourth-order valence-corrected chi connectivity index (χ4v) is 5.61. The molecule has 2 aliphatic heterocycles. The molecule has 7 nitrogen and oxygen atoms in total. The number of pyridine rings is 1. The van der Waals surface area contributed by atoms with Gasteiger partial charge >= 0.3 is 0 Å². The summed E-state index contributed by atoms with van der Waals surface area (Å²) < 4.78 is 7.96. The molecule has 2 atom stereocenters. The Balaban J connectivity index is 1.10. The highest BCUT2D eigenvalue weighted by Crippen LogP contribution is 2.37. The van der Waals surface area contributed by atoms with E-state index in [4.69, 9.17) is 4.74 Å². The second-order valence-corrected chi connectivity index (χ2v) is 9.51. The molecule has 2 aromatic heterocycles. The van der Waals surface area contributed by atoms with Gasteiger partial charge in [-0.05, 0) is 36.1 Å². The summed E-state index contributed by atoms with van der Waals surface area (Å²) in [6, 6.07) is 21.0. The third-order valence-electron chi connectivity index (χ3n) is 7.19. The van der Waals surface area contributed by atoms with Gasteiger partial charge in [-0.25, -0.2) is 0 Å². The number of fused-ring (bicyclic) bond motifs is 4. The number of phenols is 1. The maximum Gasteiger partial charge on any atom is 0.250 e. The van der Waals surface area contributed by atoms with Crippen LogP contribution in [0.4, 0.5) is 0 Å². The Morgan fingerprint density at radius 2 is 1.89 bits per heavy atom. The van der Waals surface area contributed by atoms with Crippen LogP contribution in [0.1, 0.15) is 18.0 Å². The standard InChI is InChI=1S/C28H28N4O3/c33-26-14-22(9-10-23(26)28-24(15-29-30-28)20-5-2-1-3-6-20)35-12-11-31-16-19-13-21(18-31)25-7-4-8-27(34)32(25)17-19/h1-10,14-15,19,21,33H,11-13,16-18H2,(H,29,30). The zero-order valence-corrected chi connectivity index (χ0v) is 19.4. The van der Waals surface area contributed by atoms with E-state index in [-0.39, 0.29) is 11.3 Å². The fraction of sp³-hybridized carbons (Fsp3) is 0.286. The minimum absolute atomic E-state index is 0.114. The third kappa shape index (κ3) is 4.23. The van der Waals surface area contributed by atoms with Gasteiger partial charge in [-0.1, -0.05) is 36.4 Å². The van der Waals surface area contributed by atoms with Gasteiger partial charge in [0.2, 0.25) is 0 Å². The molecule has 1 fully saturated rings. The first kappa shape index (κ1) is 21.7. The van der Waals surface area contributed by atoms with Gasteiger partial charge in [0.25, 0.3) is 5.56 Å². The lowest BCUT2D eigenvalue weighted by atomic mass is 9.83. The van der Waals surface area contributed by atoms with Crippen molar-refractivity contribution in [2.75, 3.05) is 26.2 Å². The Bertz CT molecular complexity index is 1390. The Morgan fingerprint density at radius 1 is 1.00 bits per heavy atom. The molecule has 0 aliphatic carbocycles. The van der Waals surface area contributed by atoms with Crippen LogP contribution < -0.4 is 10.3 Å². The maximum absolute atomic E-state index is 12.2. The summed E-state index contributed by atoms with van der Waals surface area (Å²) in [6.07, 6.45) is 2.92. The Hall–Kier alpha value is -3.84. The van der Waals surface area contributed by atoms with Gasteiger partial charge in [0.15, 0.2) is 0 Å². The summed E-state index contributed by atoms with van der Waals surface area (Å²) in [5, 5.41) is 17.9. The Kier molecular flexibility index (Phi) is 5.62. The molecule has 7 heteroatoms. The number of aromatic nitrogens is 3. The lowest BCUT2D eigenvalue weighted by Crippen LogP contribution is -2.48. The normalized spacial score (nSPS) is 19.3. The molecule has 2 N–H and O–H groups in total. The van der Waals surface area contributed by atoms with E-state index in [9.17, 15) is 9.90 Å². The minimum Gasteiger partial charge on any atom is -0.507 e. The number of hydrogen-bond acceptors (Lipinski definition) is 5. The van der Waals surface area contributed by atoms with Crippen LogP contribution in [0.25, 0.3) is 22.4 Å². The second-order valence-electron chi connectivity index (χ2n) is 9.51. The molecule has 2 aliphatic rings. The average molecular weight is 469 g/mol. The SMILES string of the molecule is O=c1cccc2n1CC1CC2CN(CCOc2ccc(-c3[nH]ncc3-c3ccccc3)c(O)c2)C1. The largest absolute Gasteiger partial charge is 0.507 e. The number of piperidine rings is 1. The maximum atomic E-state index is 12.2. The van der Waals surface area contributed by atoms with E-state index in [1.165, 1.54) is 0 Å². The van der Waals surface area contributed by atoms with Crippen LogP contribution in [0.15, 0.2) is 77.7 Å². The Labute approximate surface area is 203 Å². The number of aromatic amines is 1. The van der Waals surface area contributed by atoms with Crippen LogP contribution in [0.3, 0.4) is 0 Å². The molecule has 0 spiro atoms. The lowest BCUT2D eigenvalue weighted by Gasteiger charge is -2.42. The molecular formula is C28H28N4O3. The van der Waals surface area contributed by atoms with Crippen LogP contribution in [-0.4, -0.2) is 51.0 Å². The molecule has 178 valence electrons. The van der Waals surface area contributed by atoms with Crippen molar-refractivity contribution < 1.29 is 9.84 Å². The van der Waals surface area contributed by atoms with Crippen molar-refractivity contribution in [1.29, 1.82) is 0 Å². The number of ether oxygens (including phenoxy) is 1. The number of likely N-dealkylation sites (tertiary alicyclic amines) is 1. The topological polar surface area (TPSA) is 83.4 Å². The van der Waals surface area contributed by atoms with E-state index in [2.05, 4.69) is 21.2 Å². The highest BCUT2D eigenvalue weighted by Gasteiger charge is 2.34. The van der Waals surface area contributed by atoms with Gasteiger partial charge in [-0.2, -0.15) is 5.10 Å². The van der Waals surface area contributed by atoms with Gasteiger partial charge in [0.1, 0.15) is 18.1 Å². The molecule has 2 bridgehead atoms. The van der Waals surface area contributed by atoms with Gasteiger partial charge in [0.05, 0.1) is 11.9 Å². The molecule has 0 amide bonds. The summed E-state index contributed by atoms with van der Waals surface area (Å²) in [5.74, 6) is 1.69. The first-order chi connectivity index (χ1) is 17.2. The summed E-state index contributed by atoms with van der Waals surface area (Å²) in [4.78, 5) is 14.7. The van der Waals surface area contributed by atoms with Crippen molar-refractivity contribution >= 4 is 0 Å². The van der Waals surface area contributed by atoms with Gasteiger partial charge in [0, 0.05) is 61.1 Å². The van der Waals surface area contributed by atoms with E-state index in [1.54, 1.807) is 18.3 Å². The quantitative estimate of drug-likeness (QED) is 0.445. The molecule has 35 heavy (non-hydrogen) atoms. The minimum atomic E-state index is 0.114. The Morgan fingerprint density at radius 3 is 2.74 bits per heavy atom. The fourth-order valence-electron chi connectivity index (χ4n) is 5.61. The summed E-state index contributed by atoms with van der Waals surface area (Å²) in [5.41, 5.74) is 4.71. The van der Waals surface area contributed by atoms with E-state index < -0.39 is 0 Å². The van der Waals surface area contributed by atoms with Crippen LogP contribution in [0.2, 0.25) is 0 Å². The monoisotopic (exact) mass is 468 g/mol. The van der Waals surface area contributed by atoms with Crippen molar-refractivity contribution in [3.05, 3.63) is 89.0 Å². The lowest BCUT2D eigenvalue weighted by molar-refractivity contribution is 0.104. The number of benzene rings is 2. The molecule has 0 radical (unpaired) electrons. The number of aromatic hydroxyl groups is 1. The summed E-state index contributed by atoms with van der Waals surface area (Å²) >= 11 is 0. The summed E-state index contributed by atoms with van der Waals surface area (Å²) in [6.45, 7) is 4.07. The molecule has 6 rings (SSSR count). The van der Waals surface area contributed by atoms with Crippen molar-refractivity contribution in [2.24, 2.45) is 5.92 Å². The zero-order chi connectivity index (χ0) is 23.8. The van der Waals surface area contributed by atoms with Crippen molar-refractivity contribution in [3.8, 4) is 33.9 Å². The molecule has 2 aromatic carbocycles. The highest BCUT2D eigenvalue weighted by molar-refractivity contribution is 5.83. The molecule has 4 heterocycles.